The second kappa shape index (κ2) is 6.26. The molecule has 0 unspecified atom stereocenters. The molecule has 0 atom stereocenters. The zero-order valence-corrected chi connectivity index (χ0v) is 11.9. The lowest BCUT2D eigenvalue weighted by atomic mass is 10.1. The number of hydrogen-bond donors (Lipinski definition) is 2. The predicted octanol–water partition coefficient (Wildman–Crippen LogP) is 3.01. The van der Waals surface area contributed by atoms with Crippen LogP contribution in [0.25, 0.3) is 0 Å². The maximum absolute atomic E-state index is 13.9. The van der Waals surface area contributed by atoms with Crippen LogP contribution in [0.1, 0.15) is 16.7 Å². The number of nitrogens with one attached hydrogen (secondary N) is 1. The highest BCUT2D eigenvalue weighted by Gasteiger charge is 2.09. The summed E-state index contributed by atoms with van der Waals surface area (Å²) >= 11 is 0. The summed E-state index contributed by atoms with van der Waals surface area (Å²) in [6, 6.07) is 9.92. The van der Waals surface area contributed by atoms with E-state index in [0.717, 1.165) is 5.56 Å². The summed E-state index contributed by atoms with van der Waals surface area (Å²) in [5, 5.41) is 7.28. The van der Waals surface area contributed by atoms with Gasteiger partial charge in [-0.3, -0.25) is 5.41 Å². The summed E-state index contributed by atoms with van der Waals surface area (Å²) in [4.78, 5) is 0. The molecule has 0 spiro atoms. The van der Waals surface area contributed by atoms with Crippen molar-refractivity contribution < 1.29 is 13.9 Å². The van der Waals surface area contributed by atoms with E-state index in [1.807, 2.05) is 19.1 Å². The van der Waals surface area contributed by atoms with E-state index in [0.29, 0.717) is 22.6 Å². The van der Waals surface area contributed by atoms with Gasteiger partial charge in [0.15, 0.2) is 11.5 Å². The minimum atomic E-state index is -0.450. The second-order valence-corrected chi connectivity index (χ2v) is 4.66. The maximum atomic E-state index is 13.9. The minimum Gasteiger partial charge on any atom is -0.493 e. The third-order valence-electron chi connectivity index (χ3n) is 3.07. The van der Waals surface area contributed by atoms with Gasteiger partial charge in [0.05, 0.1) is 7.11 Å². The zero-order valence-electron chi connectivity index (χ0n) is 11.9. The topological polar surface area (TPSA) is 68.3 Å². The molecule has 0 aliphatic heterocycles. The third-order valence-corrected chi connectivity index (χ3v) is 3.07. The Balaban J connectivity index is 2.15. The van der Waals surface area contributed by atoms with Crippen molar-refractivity contribution in [3.63, 3.8) is 0 Å². The zero-order chi connectivity index (χ0) is 15.4. The Kier molecular flexibility index (Phi) is 4.42. The van der Waals surface area contributed by atoms with Crippen LogP contribution in [0.2, 0.25) is 0 Å². The summed E-state index contributed by atoms with van der Waals surface area (Å²) in [6.45, 7) is 2.02. The standard InChI is InChI=1S/C16H17FN2O2/c1-10-3-6-14(15(7-10)20-2)21-9-12-5-4-11(16(18)19)8-13(12)17/h3-8H,9H2,1-2H3,(H3,18,19). The molecule has 0 amide bonds. The van der Waals surface area contributed by atoms with Gasteiger partial charge in [0.1, 0.15) is 18.3 Å². The molecular weight excluding hydrogens is 271 g/mol. The fourth-order valence-electron chi connectivity index (χ4n) is 1.88. The van der Waals surface area contributed by atoms with Crippen molar-refractivity contribution in [1.82, 2.24) is 0 Å². The average molecular weight is 288 g/mol. The van der Waals surface area contributed by atoms with E-state index in [9.17, 15) is 4.39 Å². The molecule has 0 radical (unpaired) electrons. The van der Waals surface area contributed by atoms with Crippen molar-refractivity contribution in [2.45, 2.75) is 13.5 Å². The van der Waals surface area contributed by atoms with Gasteiger partial charge in [0.2, 0.25) is 0 Å². The molecule has 0 aliphatic rings. The molecule has 0 fully saturated rings. The Morgan fingerprint density at radius 1 is 1.19 bits per heavy atom. The van der Waals surface area contributed by atoms with Gasteiger partial charge in [0.25, 0.3) is 0 Å². The largest absolute Gasteiger partial charge is 0.493 e. The van der Waals surface area contributed by atoms with E-state index in [4.69, 9.17) is 20.6 Å². The molecule has 2 aromatic rings. The summed E-state index contributed by atoms with van der Waals surface area (Å²) in [5.74, 6) is 0.546. The molecule has 21 heavy (non-hydrogen) atoms. The maximum Gasteiger partial charge on any atom is 0.161 e. The number of rotatable bonds is 5. The molecule has 4 nitrogen and oxygen atoms in total. The van der Waals surface area contributed by atoms with Gasteiger partial charge >= 0.3 is 0 Å². The third kappa shape index (κ3) is 3.51. The number of nitrogen functional groups attached to an aromatic ring is 1. The van der Waals surface area contributed by atoms with Crippen LogP contribution in [0.15, 0.2) is 36.4 Å². The Morgan fingerprint density at radius 3 is 2.57 bits per heavy atom. The molecule has 0 heterocycles. The number of benzene rings is 2. The smallest absolute Gasteiger partial charge is 0.161 e. The van der Waals surface area contributed by atoms with Crippen molar-refractivity contribution >= 4 is 5.84 Å². The fraction of sp³-hybridized carbons (Fsp3) is 0.188. The quantitative estimate of drug-likeness (QED) is 0.656. The lowest BCUT2D eigenvalue weighted by molar-refractivity contribution is 0.279. The van der Waals surface area contributed by atoms with Crippen molar-refractivity contribution in [2.75, 3.05) is 7.11 Å². The number of halogens is 1. The van der Waals surface area contributed by atoms with Gasteiger partial charge in [-0.1, -0.05) is 18.2 Å². The first-order valence-corrected chi connectivity index (χ1v) is 6.41. The molecule has 0 saturated carbocycles. The van der Waals surface area contributed by atoms with Crippen LogP contribution in [-0.2, 0) is 6.61 Å². The van der Waals surface area contributed by atoms with Crippen LogP contribution in [0.4, 0.5) is 4.39 Å². The van der Waals surface area contributed by atoms with Gasteiger partial charge < -0.3 is 15.2 Å². The molecule has 0 bridgehead atoms. The highest BCUT2D eigenvalue weighted by atomic mass is 19.1. The SMILES string of the molecule is COc1cc(C)ccc1OCc1ccc(C(=N)N)cc1F. The van der Waals surface area contributed by atoms with E-state index in [1.165, 1.54) is 6.07 Å². The van der Waals surface area contributed by atoms with Crippen molar-refractivity contribution in [2.24, 2.45) is 5.73 Å². The Labute approximate surface area is 122 Å². The normalized spacial score (nSPS) is 10.2. The number of ether oxygens (including phenoxy) is 2. The number of nitrogens with two attached hydrogens (primary N) is 1. The molecule has 2 rings (SSSR count). The van der Waals surface area contributed by atoms with E-state index in [-0.39, 0.29) is 12.4 Å². The number of aryl methyl sites for hydroxylation is 1. The molecule has 0 saturated heterocycles. The van der Waals surface area contributed by atoms with Crippen molar-refractivity contribution in [3.8, 4) is 11.5 Å². The average Bonchev–Trinajstić information content (AvgIpc) is 2.46. The fourth-order valence-corrected chi connectivity index (χ4v) is 1.88. The summed E-state index contributed by atoms with van der Waals surface area (Å²) in [5.41, 5.74) is 7.11. The van der Waals surface area contributed by atoms with Crippen LogP contribution < -0.4 is 15.2 Å². The second-order valence-electron chi connectivity index (χ2n) is 4.66. The summed E-state index contributed by atoms with van der Waals surface area (Å²) in [6.07, 6.45) is 0. The molecule has 5 heteroatoms. The van der Waals surface area contributed by atoms with Gasteiger partial charge in [-0.2, -0.15) is 0 Å². The number of hydrogen-bond acceptors (Lipinski definition) is 3. The molecule has 110 valence electrons. The van der Waals surface area contributed by atoms with Crippen molar-refractivity contribution in [3.05, 3.63) is 58.9 Å². The first kappa shape index (κ1) is 14.8. The van der Waals surface area contributed by atoms with Crippen LogP contribution in [0, 0.1) is 18.2 Å². The van der Waals surface area contributed by atoms with E-state index >= 15 is 0 Å². The lowest BCUT2D eigenvalue weighted by Gasteiger charge is -2.12. The Hall–Kier alpha value is -2.56. The first-order valence-electron chi connectivity index (χ1n) is 6.41. The summed E-state index contributed by atoms with van der Waals surface area (Å²) < 4.78 is 24.7. The highest BCUT2D eigenvalue weighted by molar-refractivity contribution is 5.94. The Bertz CT molecular complexity index is 671. The predicted molar refractivity (Wildman–Crippen MR) is 79.5 cm³/mol. The van der Waals surface area contributed by atoms with Gasteiger partial charge in [-0.05, 0) is 30.7 Å². The van der Waals surface area contributed by atoms with Crippen molar-refractivity contribution in [1.29, 1.82) is 5.41 Å². The number of methoxy groups -OCH3 is 1. The number of amidine groups is 1. The van der Waals surface area contributed by atoms with Crippen LogP contribution in [-0.4, -0.2) is 12.9 Å². The lowest BCUT2D eigenvalue weighted by Crippen LogP contribution is -2.12. The molecule has 3 N–H and O–H groups in total. The molecule has 0 aliphatic carbocycles. The highest BCUT2D eigenvalue weighted by Crippen LogP contribution is 2.28. The van der Waals surface area contributed by atoms with Gasteiger partial charge in [-0.25, -0.2) is 4.39 Å². The minimum absolute atomic E-state index is 0.0729. The first-order chi connectivity index (χ1) is 10.0. The van der Waals surface area contributed by atoms with Crippen LogP contribution >= 0.6 is 0 Å². The van der Waals surface area contributed by atoms with Crippen LogP contribution in [0.3, 0.4) is 0 Å². The van der Waals surface area contributed by atoms with E-state index in [2.05, 4.69) is 0 Å². The Morgan fingerprint density at radius 2 is 1.95 bits per heavy atom. The summed E-state index contributed by atoms with van der Waals surface area (Å²) in [7, 11) is 1.56. The molecule has 0 aromatic heterocycles. The van der Waals surface area contributed by atoms with Gasteiger partial charge in [0, 0.05) is 11.1 Å². The van der Waals surface area contributed by atoms with Gasteiger partial charge in [-0.15, -0.1) is 0 Å². The van der Waals surface area contributed by atoms with Crippen LogP contribution in [0.5, 0.6) is 11.5 Å². The van der Waals surface area contributed by atoms with E-state index in [1.54, 1.807) is 25.3 Å². The molecular formula is C16H17FN2O2. The monoisotopic (exact) mass is 288 g/mol. The molecule has 2 aromatic carbocycles. The van der Waals surface area contributed by atoms with E-state index < -0.39 is 5.82 Å².